The zero-order chi connectivity index (χ0) is 11.7. The van der Waals surface area contributed by atoms with Crippen molar-refractivity contribution in [3.63, 3.8) is 0 Å². The maximum Gasteiger partial charge on any atom is 0.261 e. The van der Waals surface area contributed by atoms with Crippen molar-refractivity contribution in [1.29, 1.82) is 0 Å². The van der Waals surface area contributed by atoms with E-state index in [2.05, 4.69) is 4.98 Å². The van der Waals surface area contributed by atoms with Gasteiger partial charge in [0, 0.05) is 12.4 Å². The average molecular weight is 237 g/mol. The smallest absolute Gasteiger partial charge is 0.261 e. The van der Waals surface area contributed by atoms with Crippen LogP contribution in [0.25, 0.3) is 10.9 Å². The first-order valence-corrected chi connectivity index (χ1v) is 5.69. The lowest BCUT2D eigenvalue weighted by molar-refractivity contribution is 0.722. The summed E-state index contributed by atoms with van der Waals surface area (Å²) in [6.45, 7) is 4.50. The third-order valence-corrected chi connectivity index (χ3v) is 2.93. The van der Waals surface area contributed by atoms with Gasteiger partial charge in [0.25, 0.3) is 5.56 Å². The summed E-state index contributed by atoms with van der Waals surface area (Å²) < 4.78 is 1.55. The molecule has 1 heterocycles. The summed E-state index contributed by atoms with van der Waals surface area (Å²) in [5.74, 6) is 0.415. The Morgan fingerprint density at radius 2 is 2.00 bits per heavy atom. The molecule has 1 aromatic heterocycles. The zero-order valence-corrected chi connectivity index (χ0v) is 10.1. The van der Waals surface area contributed by atoms with Crippen molar-refractivity contribution in [2.75, 3.05) is 5.88 Å². The summed E-state index contributed by atoms with van der Waals surface area (Å²) in [6, 6.07) is 3.84. The van der Waals surface area contributed by atoms with Crippen molar-refractivity contribution in [1.82, 2.24) is 9.55 Å². The summed E-state index contributed by atoms with van der Waals surface area (Å²) in [6.07, 6.45) is 1.56. The van der Waals surface area contributed by atoms with Crippen LogP contribution in [-0.4, -0.2) is 15.4 Å². The van der Waals surface area contributed by atoms with Crippen LogP contribution in [0.2, 0.25) is 0 Å². The third kappa shape index (κ3) is 1.83. The molecule has 3 nitrogen and oxygen atoms in total. The maximum absolute atomic E-state index is 12.0. The topological polar surface area (TPSA) is 34.9 Å². The minimum absolute atomic E-state index is 0.0197. The molecule has 0 aliphatic heterocycles. The Labute approximate surface area is 98.7 Å². The quantitative estimate of drug-likeness (QED) is 0.750. The first kappa shape index (κ1) is 11.1. The molecule has 16 heavy (non-hydrogen) atoms. The molecule has 0 bridgehead atoms. The average Bonchev–Trinajstić information content (AvgIpc) is 2.26. The minimum atomic E-state index is -0.0197. The van der Waals surface area contributed by atoms with Gasteiger partial charge in [-0.25, -0.2) is 4.98 Å². The molecule has 0 aliphatic carbocycles. The second-order valence-corrected chi connectivity index (χ2v) is 4.26. The van der Waals surface area contributed by atoms with Crippen LogP contribution in [0.15, 0.2) is 23.3 Å². The first-order valence-electron chi connectivity index (χ1n) is 5.16. The lowest BCUT2D eigenvalue weighted by Gasteiger charge is -2.06. The predicted octanol–water partition coefficient (Wildman–Crippen LogP) is 2.25. The van der Waals surface area contributed by atoms with E-state index in [1.165, 1.54) is 0 Å². The number of nitrogens with zero attached hydrogens (tertiary/aromatic N) is 2. The Hall–Kier alpha value is -1.35. The van der Waals surface area contributed by atoms with Gasteiger partial charge in [-0.3, -0.25) is 9.36 Å². The zero-order valence-electron chi connectivity index (χ0n) is 9.33. The summed E-state index contributed by atoms with van der Waals surface area (Å²) in [7, 11) is 0. The molecule has 0 spiro atoms. The van der Waals surface area contributed by atoms with Crippen LogP contribution >= 0.6 is 11.6 Å². The van der Waals surface area contributed by atoms with Crippen molar-refractivity contribution < 1.29 is 0 Å². The number of rotatable bonds is 2. The summed E-state index contributed by atoms with van der Waals surface area (Å²) >= 11 is 5.63. The van der Waals surface area contributed by atoms with Crippen LogP contribution < -0.4 is 5.56 Å². The molecule has 0 N–H and O–H groups in total. The van der Waals surface area contributed by atoms with Crippen LogP contribution in [0.5, 0.6) is 0 Å². The molecule has 84 valence electrons. The Balaban J connectivity index is 2.74. The number of aryl methyl sites for hydroxylation is 3. The minimum Gasteiger partial charge on any atom is -0.298 e. The van der Waals surface area contributed by atoms with Crippen LogP contribution in [-0.2, 0) is 6.54 Å². The molecule has 0 fully saturated rings. The normalized spacial score (nSPS) is 10.9. The number of hydrogen-bond donors (Lipinski definition) is 0. The highest BCUT2D eigenvalue weighted by molar-refractivity contribution is 6.17. The van der Waals surface area contributed by atoms with Gasteiger partial charge in [-0.1, -0.05) is 0 Å². The highest BCUT2D eigenvalue weighted by Gasteiger charge is 2.05. The summed E-state index contributed by atoms with van der Waals surface area (Å²) in [5.41, 5.74) is 2.98. The van der Waals surface area contributed by atoms with Crippen LogP contribution in [0.4, 0.5) is 0 Å². The molecule has 0 amide bonds. The fourth-order valence-corrected chi connectivity index (χ4v) is 1.85. The maximum atomic E-state index is 12.0. The van der Waals surface area contributed by atoms with Gasteiger partial charge in [0.15, 0.2) is 0 Å². The second-order valence-electron chi connectivity index (χ2n) is 3.89. The van der Waals surface area contributed by atoms with E-state index in [0.29, 0.717) is 17.8 Å². The van der Waals surface area contributed by atoms with E-state index < -0.39 is 0 Å². The molecule has 0 atom stereocenters. The molecule has 4 heteroatoms. The molecule has 0 saturated heterocycles. The third-order valence-electron chi connectivity index (χ3n) is 2.76. The number of alkyl halides is 1. The molecule has 1 aromatic carbocycles. The molecular formula is C12H13ClN2O. The van der Waals surface area contributed by atoms with Gasteiger partial charge >= 0.3 is 0 Å². The fraction of sp³-hybridized carbons (Fsp3) is 0.333. The van der Waals surface area contributed by atoms with Crippen LogP contribution in [0.1, 0.15) is 11.1 Å². The second kappa shape index (κ2) is 4.26. The van der Waals surface area contributed by atoms with Gasteiger partial charge in [0.1, 0.15) is 0 Å². The fourth-order valence-electron chi connectivity index (χ4n) is 1.67. The lowest BCUT2D eigenvalue weighted by Crippen LogP contribution is -2.21. The number of benzene rings is 1. The van der Waals surface area contributed by atoms with Crippen LogP contribution in [0.3, 0.4) is 0 Å². The largest absolute Gasteiger partial charge is 0.298 e. The van der Waals surface area contributed by atoms with Gasteiger partial charge in [0.05, 0.1) is 17.2 Å². The van der Waals surface area contributed by atoms with Gasteiger partial charge in [-0.2, -0.15) is 0 Å². The van der Waals surface area contributed by atoms with Crippen molar-refractivity contribution >= 4 is 22.5 Å². The van der Waals surface area contributed by atoms with Gasteiger partial charge in [0.2, 0.25) is 0 Å². The standard InChI is InChI=1S/C12H13ClN2O/c1-8-5-10-11(6-9(8)2)14-7-15(4-3-13)12(10)16/h5-7H,3-4H2,1-2H3. The van der Waals surface area contributed by atoms with E-state index in [0.717, 1.165) is 16.6 Å². The molecule has 2 rings (SSSR count). The molecule has 0 radical (unpaired) electrons. The predicted molar refractivity (Wildman–Crippen MR) is 66.2 cm³/mol. The Morgan fingerprint density at radius 1 is 1.31 bits per heavy atom. The Bertz CT molecular complexity index is 589. The number of hydrogen-bond acceptors (Lipinski definition) is 2. The van der Waals surface area contributed by atoms with Crippen molar-refractivity contribution in [3.05, 3.63) is 39.9 Å². The van der Waals surface area contributed by atoms with E-state index in [9.17, 15) is 4.79 Å². The van der Waals surface area contributed by atoms with Crippen LogP contribution in [0, 0.1) is 13.8 Å². The number of fused-ring (bicyclic) bond motifs is 1. The van der Waals surface area contributed by atoms with Crippen molar-refractivity contribution in [2.24, 2.45) is 0 Å². The van der Waals surface area contributed by atoms with Gasteiger partial charge < -0.3 is 0 Å². The van der Waals surface area contributed by atoms with E-state index in [1.54, 1.807) is 10.9 Å². The van der Waals surface area contributed by atoms with Crippen molar-refractivity contribution in [3.8, 4) is 0 Å². The first-order chi connectivity index (χ1) is 7.63. The molecular weight excluding hydrogens is 224 g/mol. The number of halogens is 1. The monoisotopic (exact) mass is 236 g/mol. The highest BCUT2D eigenvalue weighted by Crippen LogP contribution is 2.13. The molecule has 0 unspecified atom stereocenters. The number of aromatic nitrogens is 2. The van der Waals surface area contributed by atoms with Gasteiger partial charge in [-0.05, 0) is 37.1 Å². The Morgan fingerprint density at radius 3 is 2.69 bits per heavy atom. The summed E-state index contributed by atoms with van der Waals surface area (Å²) in [4.78, 5) is 16.3. The van der Waals surface area contributed by atoms with E-state index in [1.807, 2.05) is 26.0 Å². The molecule has 2 aromatic rings. The summed E-state index contributed by atoms with van der Waals surface area (Å²) in [5, 5.41) is 0.663. The van der Waals surface area contributed by atoms with E-state index >= 15 is 0 Å². The van der Waals surface area contributed by atoms with Gasteiger partial charge in [-0.15, -0.1) is 11.6 Å². The molecule has 0 aliphatic rings. The molecule has 0 saturated carbocycles. The lowest BCUT2D eigenvalue weighted by atomic mass is 10.1. The van der Waals surface area contributed by atoms with Crippen molar-refractivity contribution in [2.45, 2.75) is 20.4 Å². The van der Waals surface area contributed by atoms with E-state index in [4.69, 9.17) is 11.6 Å². The Kier molecular flexibility index (Phi) is 2.97. The SMILES string of the molecule is Cc1cc2ncn(CCCl)c(=O)c2cc1C. The van der Waals surface area contributed by atoms with E-state index in [-0.39, 0.29) is 5.56 Å². The highest BCUT2D eigenvalue weighted by atomic mass is 35.5.